The van der Waals surface area contributed by atoms with Crippen LogP contribution in [0.4, 0.5) is 4.39 Å². The van der Waals surface area contributed by atoms with Gasteiger partial charge in [0.05, 0.1) is 16.7 Å². The Hall–Kier alpha value is -2.59. The lowest BCUT2D eigenvalue weighted by molar-refractivity contribution is -0.147. The second kappa shape index (κ2) is 7.92. The molecule has 1 aromatic rings. The highest BCUT2D eigenvalue weighted by atomic mass is 32.2. The van der Waals surface area contributed by atoms with E-state index in [1.807, 2.05) is 12.2 Å². The lowest BCUT2D eigenvalue weighted by Crippen LogP contribution is -2.53. The number of hydrogen-bond acceptors (Lipinski definition) is 5. The zero-order valence-corrected chi connectivity index (χ0v) is 17.1. The van der Waals surface area contributed by atoms with E-state index < -0.39 is 15.8 Å². The second-order valence-electron chi connectivity index (χ2n) is 7.66. The van der Waals surface area contributed by atoms with Gasteiger partial charge in [-0.05, 0) is 31.0 Å². The Labute approximate surface area is 174 Å². The van der Waals surface area contributed by atoms with E-state index in [0.29, 0.717) is 12.8 Å². The van der Waals surface area contributed by atoms with Gasteiger partial charge in [-0.3, -0.25) is 19.3 Å². The summed E-state index contributed by atoms with van der Waals surface area (Å²) in [5.41, 5.74) is 0. The van der Waals surface area contributed by atoms with Crippen LogP contribution in [0.3, 0.4) is 0 Å². The van der Waals surface area contributed by atoms with Gasteiger partial charge in [-0.25, -0.2) is 12.8 Å². The summed E-state index contributed by atoms with van der Waals surface area (Å²) in [4.78, 5) is 40.1. The van der Waals surface area contributed by atoms with Crippen LogP contribution in [0.15, 0.2) is 41.3 Å². The Balaban J connectivity index is 1.37. The molecule has 0 unspecified atom stereocenters. The van der Waals surface area contributed by atoms with Crippen molar-refractivity contribution in [3.05, 3.63) is 42.2 Å². The van der Waals surface area contributed by atoms with Gasteiger partial charge in [0.15, 0.2) is 0 Å². The van der Waals surface area contributed by atoms with E-state index in [-0.39, 0.29) is 67.2 Å². The smallest absolute Gasteiger partial charge is 0.243 e. The molecule has 0 bridgehead atoms. The standard InChI is InChI=1S/C20H22FN3O5S/c21-14-4-3-5-15(12-14)30(28,29)23-10-8-22(9-11-23)18(25)13-24-19(26)16-6-1-2-7-17(16)20(24)27/h1-5,12,16-17H,6-11,13H2/t16-,17-/m0/s1. The SMILES string of the molecule is O=C(CN1C(=O)[C@H]2CC=CC[C@@H]2C1=O)N1CCN(S(=O)(=O)c2cccc(F)c2)CC1. The molecule has 1 aliphatic carbocycles. The van der Waals surface area contributed by atoms with E-state index in [9.17, 15) is 27.2 Å². The lowest BCUT2D eigenvalue weighted by Gasteiger charge is -2.34. The van der Waals surface area contributed by atoms with Crippen molar-refractivity contribution >= 4 is 27.7 Å². The van der Waals surface area contributed by atoms with Crippen LogP contribution in [0.1, 0.15) is 12.8 Å². The van der Waals surface area contributed by atoms with Gasteiger partial charge in [0.25, 0.3) is 0 Å². The molecule has 30 heavy (non-hydrogen) atoms. The van der Waals surface area contributed by atoms with Crippen molar-refractivity contribution in [3.63, 3.8) is 0 Å². The quantitative estimate of drug-likeness (QED) is 0.510. The zero-order valence-electron chi connectivity index (χ0n) is 16.2. The summed E-state index contributed by atoms with van der Waals surface area (Å²) >= 11 is 0. The minimum atomic E-state index is -3.86. The Morgan fingerprint density at radius 2 is 1.60 bits per heavy atom. The van der Waals surface area contributed by atoms with Gasteiger partial charge in [-0.2, -0.15) is 4.31 Å². The fourth-order valence-electron chi connectivity index (χ4n) is 4.21. The molecule has 0 radical (unpaired) electrons. The van der Waals surface area contributed by atoms with Gasteiger partial charge in [-0.1, -0.05) is 18.2 Å². The van der Waals surface area contributed by atoms with E-state index in [4.69, 9.17) is 0 Å². The van der Waals surface area contributed by atoms with Crippen molar-refractivity contribution in [3.8, 4) is 0 Å². The summed E-state index contributed by atoms with van der Waals surface area (Å²) in [6.07, 6.45) is 4.79. The number of imide groups is 1. The number of amides is 3. The molecular weight excluding hydrogens is 413 g/mol. The molecule has 0 spiro atoms. The molecule has 2 saturated heterocycles. The van der Waals surface area contributed by atoms with Crippen LogP contribution in [-0.4, -0.2) is 73.0 Å². The van der Waals surface area contributed by atoms with Crippen molar-refractivity contribution in [2.45, 2.75) is 17.7 Å². The predicted molar refractivity (Wildman–Crippen MR) is 104 cm³/mol. The van der Waals surface area contributed by atoms with Gasteiger partial charge in [0.1, 0.15) is 12.4 Å². The van der Waals surface area contributed by atoms with Crippen molar-refractivity contribution in [2.75, 3.05) is 32.7 Å². The van der Waals surface area contributed by atoms with Crippen LogP contribution < -0.4 is 0 Å². The van der Waals surface area contributed by atoms with E-state index >= 15 is 0 Å². The average Bonchev–Trinajstić information content (AvgIpc) is 2.99. The van der Waals surface area contributed by atoms with E-state index in [1.54, 1.807) is 0 Å². The van der Waals surface area contributed by atoms with Crippen molar-refractivity contribution in [1.82, 2.24) is 14.1 Å². The van der Waals surface area contributed by atoms with Gasteiger partial charge < -0.3 is 4.90 Å². The molecule has 160 valence electrons. The molecule has 3 amide bonds. The highest BCUT2D eigenvalue weighted by Crippen LogP contribution is 2.35. The zero-order chi connectivity index (χ0) is 21.5. The highest BCUT2D eigenvalue weighted by molar-refractivity contribution is 7.89. The number of piperazine rings is 1. The largest absolute Gasteiger partial charge is 0.338 e. The topological polar surface area (TPSA) is 95.1 Å². The molecule has 4 rings (SSSR count). The molecule has 2 aliphatic heterocycles. The summed E-state index contributed by atoms with van der Waals surface area (Å²) in [5, 5.41) is 0. The third-order valence-electron chi connectivity index (χ3n) is 5.92. The fourth-order valence-corrected chi connectivity index (χ4v) is 5.67. The number of carbonyl (C=O) groups excluding carboxylic acids is 3. The minimum Gasteiger partial charge on any atom is -0.338 e. The number of carbonyl (C=O) groups is 3. The maximum atomic E-state index is 13.4. The molecule has 8 nitrogen and oxygen atoms in total. The predicted octanol–water partition coefficient (Wildman–Crippen LogP) is 0.610. The third kappa shape index (κ3) is 3.65. The Morgan fingerprint density at radius 3 is 2.17 bits per heavy atom. The van der Waals surface area contributed by atoms with Crippen LogP contribution >= 0.6 is 0 Å². The molecular formula is C20H22FN3O5S. The summed E-state index contributed by atoms with van der Waals surface area (Å²) in [7, 11) is -3.86. The first-order valence-electron chi connectivity index (χ1n) is 9.83. The molecule has 1 aromatic carbocycles. The fraction of sp³-hybridized carbons (Fsp3) is 0.450. The molecule has 2 atom stereocenters. The van der Waals surface area contributed by atoms with Crippen LogP contribution in [0.5, 0.6) is 0 Å². The van der Waals surface area contributed by atoms with Gasteiger partial charge >= 0.3 is 0 Å². The second-order valence-corrected chi connectivity index (χ2v) is 9.60. The number of allylic oxidation sites excluding steroid dienone is 2. The first-order valence-corrected chi connectivity index (χ1v) is 11.3. The molecule has 2 fully saturated rings. The summed E-state index contributed by atoms with van der Waals surface area (Å²) in [6.45, 7) is 0.0701. The maximum absolute atomic E-state index is 13.4. The number of likely N-dealkylation sites (tertiary alicyclic amines) is 1. The summed E-state index contributed by atoms with van der Waals surface area (Å²) in [5.74, 6) is -2.41. The number of fused-ring (bicyclic) bond motifs is 1. The molecule has 0 saturated carbocycles. The van der Waals surface area contributed by atoms with Gasteiger partial charge in [0, 0.05) is 26.2 Å². The number of hydrogen-bond donors (Lipinski definition) is 0. The van der Waals surface area contributed by atoms with E-state index in [1.165, 1.54) is 27.4 Å². The van der Waals surface area contributed by atoms with Gasteiger partial charge in [0.2, 0.25) is 27.7 Å². The average molecular weight is 435 g/mol. The van der Waals surface area contributed by atoms with Crippen LogP contribution in [-0.2, 0) is 24.4 Å². The van der Waals surface area contributed by atoms with E-state index in [0.717, 1.165) is 11.0 Å². The van der Waals surface area contributed by atoms with Crippen LogP contribution in [0, 0.1) is 17.7 Å². The van der Waals surface area contributed by atoms with Crippen molar-refractivity contribution in [1.29, 1.82) is 0 Å². The summed E-state index contributed by atoms with van der Waals surface area (Å²) < 4.78 is 40.0. The minimum absolute atomic E-state index is 0.0572. The highest BCUT2D eigenvalue weighted by Gasteiger charge is 2.48. The van der Waals surface area contributed by atoms with Crippen LogP contribution in [0.25, 0.3) is 0 Å². The van der Waals surface area contributed by atoms with E-state index in [2.05, 4.69) is 0 Å². The molecule has 3 aliphatic rings. The molecule has 0 aromatic heterocycles. The molecule has 0 N–H and O–H groups in total. The number of sulfonamides is 1. The monoisotopic (exact) mass is 435 g/mol. The third-order valence-corrected chi connectivity index (χ3v) is 7.81. The van der Waals surface area contributed by atoms with Crippen molar-refractivity contribution in [2.24, 2.45) is 11.8 Å². The number of benzene rings is 1. The number of halogens is 1. The molecule has 10 heteroatoms. The Bertz CT molecular complexity index is 991. The number of rotatable bonds is 4. The van der Waals surface area contributed by atoms with Crippen molar-refractivity contribution < 1.29 is 27.2 Å². The Morgan fingerprint density at radius 1 is 1.00 bits per heavy atom. The first kappa shape index (κ1) is 20.7. The molecule has 2 heterocycles. The maximum Gasteiger partial charge on any atom is 0.243 e. The Kier molecular flexibility index (Phi) is 5.46. The van der Waals surface area contributed by atoms with Crippen LogP contribution in [0.2, 0.25) is 0 Å². The summed E-state index contributed by atoms with van der Waals surface area (Å²) in [6, 6.07) is 4.79. The van der Waals surface area contributed by atoms with Gasteiger partial charge in [-0.15, -0.1) is 0 Å². The number of nitrogens with zero attached hydrogens (tertiary/aromatic N) is 3. The lowest BCUT2D eigenvalue weighted by atomic mass is 9.85. The first-order chi connectivity index (χ1) is 14.3. The normalized spacial score (nSPS) is 25.0.